The summed E-state index contributed by atoms with van der Waals surface area (Å²) in [4.78, 5) is 16.5. The highest BCUT2D eigenvalue weighted by atomic mass is 127. The fourth-order valence-corrected chi connectivity index (χ4v) is 2.70. The zero-order valence-electron chi connectivity index (χ0n) is 14.6. The number of aryl methyl sites for hydroxylation is 1. The molecule has 0 N–H and O–H groups in total. The molecular formula is C21H18INO3. The van der Waals surface area contributed by atoms with E-state index in [4.69, 9.17) is 9.47 Å². The van der Waals surface area contributed by atoms with Gasteiger partial charge >= 0.3 is 5.97 Å². The Labute approximate surface area is 166 Å². The highest BCUT2D eigenvalue weighted by molar-refractivity contribution is 14.1. The number of aliphatic imine (C=N–C) groups is 1. The van der Waals surface area contributed by atoms with Gasteiger partial charge in [0.25, 0.3) is 0 Å². The Morgan fingerprint density at radius 1 is 1.31 bits per heavy atom. The number of rotatable bonds is 5. The fraction of sp³-hybridized carbons (Fsp3) is 0.143. The topological polar surface area (TPSA) is 47.9 Å². The molecule has 0 aliphatic carbocycles. The summed E-state index contributed by atoms with van der Waals surface area (Å²) in [5.41, 5.74) is 3.93. The van der Waals surface area contributed by atoms with Crippen molar-refractivity contribution in [1.29, 1.82) is 0 Å². The van der Waals surface area contributed by atoms with Crippen molar-refractivity contribution in [3.8, 4) is 5.75 Å². The van der Waals surface area contributed by atoms with E-state index in [2.05, 4.69) is 34.2 Å². The summed E-state index contributed by atoms with van der Waals surface area (Å²) in [5.74, 6) is 0.589. The fourth-order valence-electron chi connectivity index (χ4n) is 2.37. The second-order valence-corrected chi connectivity index (χ2v) is 7.28. The Hall–Kier alpha value is -2.41. The first kappa shape index (κ1) is 18.4. The molecule has 0 radical (unpaired) electrons. The summed E-state index contributed by atoms with van der Waals surface area (Å²) in [7, 11) is 0. The molecule has 0 spiro atoms. The average Bonchev–Trinajstić information content (AvgIpc) is 2.96. The van der Waals surface area contributed by atoms with Crippen LogP contribution in [0, 0.1) is 10.5 Å². The van der Waals surface area contributed by atoms with Crippen molar-refractivity contribution in [2.24, 2.45) is 4.99 Å². The van der Waals surface area contributed by atoms with Crippen LogP contribution in [0.2, 0.25) is 0 Å². The summed E-state index contributed by atoms with van der Waals surface area (Å²) in [6.45, 7) is 8.19. The van der Waals surface area contributed by atoms with Gasteiger partial charge in [-0.1, -0.05) is 18.7 Å². The molecule has 0 unspecified atom stereocenters. The van der Waals surface area contributed by atoms with Crippen molar-refractivity contribution < 1.29 is 14.3 Å². The summed E-state index contributed by atoms with van der Waals surface area (Å²) in [5, 5.41) is 0. The van der Waals surface area contributed by atoms with Crippen molar-refractivity contribution in [2.75, 3.05) is 6.61 Å². The lowest BCUT2D eigenvalue weighted by Crippen LogP contribution is -2.05. The summed E-state index contributed by atoms with van der Waals surface area (Å²) >= 11 is 2.26. The number of esters is 1. The summed E-state index contributed by atoms with van der Waals surface area (Å²) in [6.07, 6.45) is 1.70. The third-order valence-electron chi connectivity index (χ3n) is 3.67. The molecule has 132 valence electrons. The van der Waals surface area contributed by atoms with E-state index in [-0.39, 0.29) is 5.70 Å². The molecule has 5 heteroatoms. The predicted octanol–water partition coefficient (Wildman–Crippen LogP) is 4.90. The zero-order chi connectivity index (χ0) is 18.7. The van der Waals surface area contributed by atoms with Crippen LogP contribution in [0.25, 0.3) is 6.08 Å². The van der Waals surface area contributed by atoms with Crippen LogP contribution in [0.15, 0.2) is 65.3 Å². The summed E-state index contributed by atoms with van der Waals surface area (Å²) in [6, 6.07) is 13.3. The normalized spacial score (nSPS) is 15.0. The smallest absolute Gasteiger partial charge is 0.363 e. The second kappa shape index (κ2) is 7.86. The largest absolute Gasteiger partial charge is 0.489 e. The van der Waals surface area contributed by atoms with E-state index in [1.165, 1.54) is 0 Å². The van der Waals surface area contributed by atoms with Crippen LogP contribution in [-0.4, -0.2) is 18.5 Å². The molecule has 0 aromatic heterocycles. The van der Waals surface area contributed by atoms with Crippen LogP contribution < -0.4 is 4.74 Å². The van der Waals surface area contributed by atoms with Gasteiger partial charge in [-0.05, 0) is 89.5 Å². The van der Waals surface area contributed by atoms with Gasteiger partial charge < -0.3 is 9.47 Å². The highest BCUT2D eigenvalue weighted by Crippen LogP contribution is 2.23. The molecule has 1 aliphatic heterocycles. The van der Waals surface area contributed by atoms with Gasteiger partial charge in [-0.2, -0.15) is 0 Å². The minimum atomic E-state index is -0.454. The first-order chi connectivity index (χ1) is 12.4. The molecule has 2 aromatic rings. The standard InChI is InChI=1S/C21H18INO3/c1-13(2)12-25-17-6-4-5-15(10-17)11-19-21(24)26-20(23-19)16-7-8-18(22)14(3)9-16/h4-11H,1,12H2,2-3H3/b19-11-. The van der Waals surface area contributed by atoms with Crippen LogP contribution in [0.4, 0.5) is 0 Å². The van der Waals surface area contributed by atoms with Gasteiger partial charge in [0.1, 0.15) is 12.4 Å². The monoisotopic (exact) mass is 459 g/mol. The number of cyclic esters (lactones) is 1. The third-order valence-corrected chi connectivity index (χ3v) is 4.88. The van der Waals surface area contributed by atoms with Crippen molar-refractivity contribution in [1.82, 2.24) is 0 Å². The van der Waals surface area contributed by atoms with E-state index in [1.54, 1.807) is 6.08 Å². The Morgan fingerprint density at radius 3 is 2.85 bits per heavy atom. The summed E-state index contributed by atoms with van der Waals surface area (Å²) < 4.78 is 12.1. The number of hydrogen-bond donors (Lipinski definition) is 0. The van der Waals surface area contributed by atoms with E-state index < -0.39 is 5.97 Å². The van der Waals surface area contributed by atoms with Crippen LogP contribution in [0.1, 0.15) is 23.6 Å². The van der Waals surface area contributed by atoms with Gasteiger partial charge in [-0.25, -0.2) is 9.79 Å². The quantitative estimate of drug-likeness (QED) is 0.277. The minimum Gasteiger partial charge on any atom is -0.489 e. The lowest BCUT2D eigenvalue weighted by Gasteiger charge is -2.06. The molecular weight excluding hydrogens is 441 g/mol. The number of carbonyl (C=O) groups is 1. The van der Waals surface area contributed by atoms with Crippen molar-refractivity contribution in [3.63, 3.8) is 0 Å². The zero-order valence-corrected chi connectivity index (χ0v) is 16.7. The molecule has 0 fully saturated rings. The van der Waals surface area contributed by atoms with E-state index in [0.29, 0.717) is 18.3 Å². The van der Waals surface area contributed by atoms with Gasteiger partial charge in [-0.3, -0.25) is 0 Å². The predicted molar refractivity (Wildman–Crippen MR) is 111 cm³/mol. The Bertz CT molecular complexity index is 944. The Balaban J connectivity index is 1.85. The van der Waals surface area contributed by atoms with Gasteiger partial charge in [0, 0.05) is 9.13 Å². The molecule has 1 heterocycles. The molecule has 3 rings (SSSR count). The molecule has 0 saturated carbocycles. The van der Waals surface area contributed by atoms with E-state index in [0.717, 1.165) is 25.8 Å². The van der Waals surface area contributed by atoms with Crippen LogP contribution in [0.5, 0.6) is 5.75 Å². The number of halogens is 1. The Morgan fingerprint density at radius 2 is 2.12 bits per heavy atom. The molecule has 0 bridgehead atoms. The average molecular weight is 459 g/mol. The third kappa shape index (κ3) is 4.40. The van der Waals surface area contributed by atoms with E-state index >= 15 is 0 Å². The van der Waals surface area contributed by atoms with Crippen LogP contribution >= 0.6 is 22.6 Å². The van der Waals surface area contributed by atoms with Gasteiger partial charge in [0.2, 0.25) is 5.90 Å². The maximum atomic E-state index is 12.2. The minimum absolute atomic E-state index is 0.272. The molecule has 1 aliphatic rings. The van der Waals surface area contributed by atoms with E-state index in [9.17, 15) is 4.79 Å². The maximum Gasteiger partial charge on any atom is 0.363 e. The number of nitrogens with zero attached hydrogens (tertiary/aromatic N) is 1. The first-order valence-corrected chi connectivity index (χ1v) is 9.16. The van der Waals surface area contributed by atoms with Crippen molar-refractivity contribution >= 4 is 40.5 Å². The molecule has 26 heavy (non-hydrogen) atoms. The number of benzene rings is 2. The molecule has 0 saturated heterocycles. The van der Waals surface area contributed by atoms with Gasteiger partial charge in [-0.15, -0.1) is 0 Å². The lowest BCUT2D eigenvalue weighted by molar-refractivity contribution is -0.129. The first-order valence-electron chi connectivity index (χ1n) is 8.09. The van der Waals surface area contributed by atoms with Crippen LogP contribution in [-0.2, 0) is 9.53 Å². The number of hydrogen-bond acceptors (Lipinski definition) is 4. The number of ether oxygens (including phenoxy) is 2. The van der Waals surface area contributed by atoms with Crippen molar-refractivity contribution in [2.45, 2.75) is 13.8 Å². The Kier molecular flexibility index (Phi) is 5.56. The molecule has 2 aromatic carbocycles. The SMILES string of the molecule is C=C(C)COc1cccc(/C=C2\N=C(c3ccc(I)c(C)c3)OC2=O)c1. The van der Waals surface area contributed by atoms with E-state index in [1.807, 2.05) is 56.3 Å². The van der Waals surface area contributed by atoms with Crippen LogP contribution in [0.3, 0.4) is 0 Å². The molecule has 4 nitrogen and oxygen atoms in total. The van der Waals surface area contributed by atoms with Crippen molar-refractivity contribution in [3.05, 3.63) is 80.6 Å². The second-order valence-electron chi connectivity index (χ2n) is 6.12. The number of carbonyl (C=O) groups excluding carboxylic acids is 1. The molecule has 0 amide bonds. The highest BCUT2D eigenvalue weighted by Gasteiger charge is 2.24. The van der Waals surface area contributed by atoms with Gasteiger partial charge in [0.05, 0.1) is 0 Å². The molecule has 0 atom stereocenters. The maximum absolute atomic E-state index is 12.2. The lowest BCUT2D eigenvalue weighted by atomic mass is 10.1. The van der Waals surface area contributed by atoms with Gasteiger partial charge in [0.15, 0.2) is 5.70 Å².